The Hall–Kier alpha value is -1.14. The number of hydrogen-bond donors (Lipinski definition) is 2. The first-order valence-electron chi connectivity index (χ1n) is 12.3. The average Bonchev–Trinajstić information content (AvgIpc) is 2.74. The highest BCUT2D eigenvalue weighted by atomic mass is 16.5. The fourth-order valence-electron chi connectivity index (χ4n) is 5.35. The van der Waals surface area contributed by atoms with Gasteiger partial charge in [0.15, 0.2) is 0 Å². The predicted octanol–water partition coefficient (Wildman–Crippen LogP) is 3.72. The summed E-state index contributed by atoms with van der Waals surface area (Å²) >= 11 is 0. The van der Waals surface area contributed by atoms with E-state index < -0.39 is 0 Å². The van der Waals surface area contributed by atoms with Crippen LogP contribution in [-0.4, -0.2) is 49.3 Å². The molecule has 172 valence electrons. The molecule has 2 N–H and O–H groups in total. The van der Waals surface area contributed by atoms with E-state index in [9.17, 15) is 9.59 Å². The van der Waals surface area contributed by atoms with Gasteiger partial charge in [0.1, 0.15) is 13.2 Å². The number of hydrogen-bond acceptors (Lipinski definition) is 4. The van der Waals surface area contributed by atoms with E-state index in [0.29, 0.717) is 11.8 Å². The third-order valence-electron chi connectivity index (χ3n) is 7.38. The zero-order valence-corrected chi connectivity index (χ0v) is 19.0. The lowest BCUT2D eigenvalue weighted by Crippen LogP contribution is -2.46. The fourth-order valence-corrected chi connectivity index (χ4v) is 5.35. The largest absolute Gasteiger partial charge is 0.368 e. The molecule has 0 heterocycles. The molecule has 0 aromatic heterocycles. The minimum atomic E-state index is -0.00439. The summed E-state index contributed by atoms with van der Waals surface area (Å²) < 4.78 is 11.7. The molecule has 6 heteroatoms. The zero-order chi connectivity index (χ0) is 21.3. The van der Waals surface area contributed by atoms with Crippen LogP contribution in [0, 0.1) is 11.8 Å². The minimum absolute atomic E-state index is 0.00439. The molecule has 4 atom stereocenters. The first-order chi connectivity index (χ1) is 14.5. The van der Waals surface area contributed by atoms with Gasteiger partial charge in [-0.3, -0.25) is 9.59 Å². The van der Waals surface area contributed by atoms with E-state index >= 15 is 0 Å². The molecule has 30 heavy (non-hydrogen) atoms. The van der Waals surface area contributed by atoms with Gasteiger partial charge >= 0.3 is 0 Å². The van der Waals surface area contributed by atoms with Gasteiger partial charge in [-0.1, -0.05) is 39.5 Å². The number of ether oxygens (including phenoxy) is 2. The van der Waals surface area contributed by atoms with Crippen molar-refractivity contribution in [3.63, 3.8) is 0 Å². The summed E-state index contributed by atoms with van der Waals surface area (Å²) in [4.78, 5) is 24.5. The molecule has 6 nitrogen and oxygen atoms in total. The third-order valence-corrected chi connectivity index (χ3v) is 7.38. The topological polar surface area (TPSA) is 76.7 Å². The predicted molar refractivity (Wildman–Crippen MR) is 117 cm³/mol. The Kier molecular flexibility index (Phi) is 9.44. The van der Waals surface area contributed by atoms with Crippen molar-refractivity contribution >= 4 is 11.8 Å². The van der Waals surface area contributed by atoms with Gasteiger partial charge in [0.05, 0.1) is 12.2 Å². The summed E-state index contributed by atoms with van der Waals surface area (Å²) in [5.41, 5.74) is 0. The molecule has 0 spiro atoms. The number of amides is 2. The Balaban J connectivity index is 1.27. The van der Waals surface area contributed by atoms with Crippen molar-refractivity contribution in [2.45, 2.75) is 115 Å². The van der Waals surface area contributed by atoms with E-state index in [1.54, 1.807) is 0 Å². The summed E-state index contributed by atoms with van der Waals surface area (Å²) in [5.74, 6) is 1.09. The molecule has 0 aromatic carbocycles. The van der Waals surface area contributed by atoms with Crippen molar-refractivity contribution < 1.29 is 19.1 Å². The SMILES string of the molecule is CC1CCCCC1OCC(=O)NC1CCC(NC(=O)COC2CCCCC2C)CC1. The van der Waals surface area contributed by atoms with E-state index in [0.717, 1.165) is 38.5 Å². The second-order valence-corrected chi connectivity index (χ2v) is 9.91. The van der Waals surface area contributed by atoms with Crippen LogP contribution in [0.4, 0.5) is 0 Å². The van der Waals surface area contributed by atoms with Crippen LogP contribution < -0.4 is 10.6 Å². The van der Waals surface area contributed by atoms with Crippen LogP contribution in [0.25, 0.3) is 0 Å². The first kappa shape index (κ1) is 23.5. The van der Waals surface area contributed by atoms with E-state index in [4.69, 9.17) is 9.47 Å². The monoisotopic (exact) mass is 422 g/mol. The summed E-state index contributed by atoms with van der Waals surface area (Å²) in [6.07, 6.45) is 13.6. The van der Waals surface area contributed by atoms with Gasteiger partial charge in [0, 0.05) is 12.1 Å². The van der Waals surface area contributed by atoms with Gasteiger partial charge in [-0.2, -0.15) is 0 Å². The van der Waals surface area contributed by atoms with E-state index in [-0.39, 0.29) is 49.3 Å². The van der Waals surface area contributed by atoms with Gasteiger partial charge < -0.3 is 20.1 Å². The van der Waals surface area contributed by atoms with Crippen molar-refractivity contribution in [1.29, 1.82) is 0 Å². The molecule has 0 aromatic rings. The highest BCUT2D eigenvalue weighted by Gasteiger charge is 2.27. The third kappa shape index (κ3) is 7.52. The van der Waals surface area contributed by atoms with Crippen LogP contribution in [0.15, 0.2) is 0 Å². The molecular formula is C24H42N2O4. The van der Waals surface area contributed by atoms with E-state index in [1.165, 1.54) is 38.5 Å². The highest BCUT2D eigenvalue weighted by Crippen LogP contribution is 2.27. The van der Waals surface area contributed by atoms with Crippen molar-refractivity contribution in [3.8, 4) is 0 Å². The van der Waals surface area contributed by atoms with Gasteiger partial charge in [-0.15, -0.1) is 0 Å². The van der Waals surface area contributed by atoms with Crippen LogP contribution >= 0.6 is 0 Å². The second kappa shape index (κ2) is 12.0. The molecule has 3 rings (SSSR count). The summed E-state index contributed by atoms with van der Waals surface area (Å²) in [5, 5.41) is 6.24. The smallest absolute Gasteiger partial charge is 0.246 e. The van der Waals surface area contributed by atoms with Gasteiger partial charge in [0.2, 0.25) is 11.8 Å². The molecule has 3 aliphatic carbocycles. The Morgan fingerprint density at radius 2 is 1.00 bits per heavy atom. The van der Waals surface area contributed by atoms with E-state index in [1.807, 2.05) is 0 Å². The molecule has 0 radical (unpaired) electrons. The molecule has 3 saturated carbocycles. The van der Waals surface area contributed by atoms with Crippen molar-refractivity contribution in [2.75, 3.05) is 13.2 Å². The number of nitrogens with one attached hydrogen (secondary N) is 2. The summed E-state index contributed by atoms with van der Waals surface area (Å²) in [7, 11) is 0. The molecular weight excluding hydrogens is 380 g/mol. The summed E-state index contributed by atoms with van der Waals surface area (Å²) in [6, 6.07) is 0.384. The maximum Gasteiger partial charge on any atom is 0.246 e. The van der Waals surface area contributed by atoms with Gasteiger partial charge in [-0.25, -0.2) is 0 Å². The Bertz CT molecular complexity index is 499. The van der Waals surface area contributed by atoms with Crippen molar-refractivity contribution in [3.05, 3.63) is 0 Å². The molecule has 3 aliphatic rings. The molecule has 3 fully saturated rings. The fraction of sp³-hybridized carbons (Fsp3) is 0.917. The molecule has 4 unspecified atom stereocenters. The summed E-state index contributed by atoms with van der Waals surface area (Å²) in [6.45, 7) is 4.78. The minimum Gasteiger partial charge on any atom is -0.368 e. The Labute approximate surface area is 182 Å². The Morgan fingerprint density at radius 1 is 0.633 bits per heavy atom. The molecule has 0 bridgehead atoms. The number of carbonyl (C=O) groups is 2. The number of carbonyl (C=O) groups excluding carboxylic acids is 2. The second-order valence-electron chi connectivity index (χ2n) is 9.91. The normalized spacial score (nSPS) is 34.9. The van der Waals surface area contributed by atoms with Crippen molar-refractivity contribution in [2.24, 2.45) is 11.8 Å². The number of rotatable bonds is 8. The lowest BCUT2D eigenvalue weighted by Gasteiger charge is -2.31. The molecule has 0 saturated heterocycles. The molecule has 2 amide bonds. The van der Waals surface area contributed by atoms with E-state index in [2.05, 4.69) is 24.5 Å². The van der Waals surface area contributed by atoms with Crippen LogP contribution in [0.1, 0.15) is 90.9 Å². The van der Waals surface area contributed by atoms with Crippen LogP contribution in [0.2, 0.25) is 0 Å². The quantitative estimate of drug-likeness (QED) is 0.625. The standard InChI is InChI=1S/C24H42N2O4/c1-17-7-3-5-9-21(17)29-15-23(27)25-19-11-13-20(14-12-19)26-24(28)16-30-22-10-6-4-8-18(22)2/h17-22H,3-16H2,1-2H3,(H,25,27)(H,26,28). The van der Waals surface area contributed by atoms with Crippen LogP contribution in [-0.2, 0) is 19.1 Å². The highest BCUT2D eigenvalue weighted by molar-refractivity contribution is 5.78. The molecule has 0 aliphatic heterocycles. The van der Waals surface area contributed by atoms with Crippen LogP contribution in [0.5, 0.6) is 0 Å². The maximum absolute atomic E-state index is 12.3. The zero-order valence-electron chi connectivity index (χ0n) is 19.0. The maximum atomic E-state index is 12.3. The average molecular weight is 423 g/mol. The Morgan fingerprint density at radius 3 is 1.37 bits per heavy atom. The van der Waals surface area contributed by atoms with Gasteiger partial charge in [-0.05, 0) is 63.2 Å². The lowest BCUT2D eigenvalue weighted by atomic mass is 9.88. The van der Waals surface area contributed by atoms with Crippen molar-refractivity contribution in [1.82, 2.24) is 10.6 Å². The lowest BCUT2D eigenvalue weighted by molar-refractivity contribution is -0.132. The van der Waals surface area contributed by atoms with Gasteiger partial charge in [0.25, 0.3) is 0 Å². The van der Waals surface area contributed by atoms with Crippen LogP contribution in [0.3, 0.4) is 0 Å². The first-order valence-corrected chi connectivity index (χ1v) is 12.3.